The summed E-state index contributed by atoms with van der Waals surface area (Å²) in [5, 5.41) is 0. The van der Waals surface area contributed by atoms with Gasteiger partial charge in [0.15, 0.2) is 5.79 Å². The maximum atomic E-state index is 10.0. The molecule has 1 fully saturated rings. The highest BCUT2D eigenvalue weighted by atomic mass is 16.7. The van der Waals surface area contributed by atoms with Crippen LogP contribution in [0.2, 0.25) is 0 Å². The first-order valence-electron chi connectivity index (χ1n) is 3.39. The molecule has 0 aromatic carbocycles. The molecule has 0 aromatic rings. The number of hydrogen-bond acceptors (Lipinski definition) is 3. The van der Waals surface area contributed by atoms with Crippen molar-refractivity contribution >= 4 is 6.29 Å². The third-order valence-corrected chi connectivity index (χ3v) is 1.43. The molecule has 0 aromatic heterocycles. The summed E-state index contributed by atoms with van der Waals surface area (Å²) in [6, 6.07) is 0. The molecule has 0 bridgehead atoms. The number of ether oxygens (including phenoxy) is 2. The monoisotopic (exact) mass is 144 g/mol. The third kappa shape index (κ3) is 1.78. The van der Waals surface area contributed by atoms with E-state index in [-0.39, 0.29) is 6.10 Å². The van der Waals surface area contributed by atoms with Gasteiger partial charge in [-0.1, -0.05) is 0 Å². The lowest BCUT2D eigenvalue weighted by atomic mass is 10.3. The SMILES string of the molecule is CC1(C)OCC(CC=O)O1. The van der Waals surface area contributed by atoms with Crippen molar-refractivity contribution in [1.82, 2.24) is 0 Å². The van der Waals surface area contributed by atoms with Gasteiger partial charge in [-0.15, -0.1) is 0 Å². The zero-order valence-electron chi connectivity index (χ0n) is 6.29. The topological polar surface area (TPSA) is 35.5 Å². The molecule has 1 atom stereocenters. The Hall–Kier alpha value is -0.410. The Bertz CT molecular complexity index is 131. The first-order valence-corrected chi connectivity index (χ1v) is 3.39. The van der Waals surface area contributed by atoms with Crippen molar-refractivity contribution in [1.29, 1.82) is 0 Å². The molecule has 0 N–H and O–H groups in total. The van der Waals surface area contributed by atoms with E-state index in [0.717, 1.165) is 6.29 Å². The smallest absolute Gasteiger partial charge is 0.163 e. The molecular formula is C7H12O3. The normalized spacial score (nSPS) is 30.4. The number of carbonyl (C=O) groups is 1. The van der Waals surface area contributed by atoms with Gasteiger partial charge in [0, 0.05) is 6.42 Å². The molecule has 0 aliphatic carbocycles. The lowest BCUT2D eigenvalue weighted by Gasteiger charge is -2.15. The van der Waals surface area contributed by atoms with Gasteiger partial charge in [-0.3, -0.25) is 0 Å². The van der Waals surface area contributed by atoms with Crippen LogP contribution in [0.4, 0.5) is 0 Å². The van der Waals surface area contributed by atoms with E-state index in [1.165, 1.54) is 0 Å². The average Bonchev–Trinajstić information content (AvgIpc) is 2.12. The van der Waals surface area contributed by atoms with Gasteiger partial charge in [0.2, 0.25) is 0 Å². The third-order valence-electron chi connectivity index (χ3n) is 1.43. The minimum atomic E-state index is -0.492. The maximum absolute atomic E-state index is 10.0. The second-order valence-corrected chi connectivity index (χ2v) is 2.85. The summed E-state index contributed by atoms with van der Waals surface area (Å²) in [5.41, 5.74) is 0. The second-order valence-electron chi connectivity index (χ2n) is 2.85. The van der Waals surface area contributed by atoms with Crippen LogP contribution in [0.25, 0.3) is 0 Å². The highest BCUT2D eigenvalue weighted by Gasteiger charge is 2.31. The molecule has 3 heteroatoms. The average molecular weight is 144 g/mol. The van der Waals surface area contributed by atoms with Crippen LogP contribution in [0.5, 0.6) is 0 Å². The fourth-order valence-electron chi connectivity index (χ4n) is 0.987. The Morgan fingerprint density at radius 1 is 1.70 bits per heavy atom. The number of aldehydes is 1. The first kappa shape index (κ1) is 7.69. The van der Waals surface area contributed by atoms with Gasteiger partial charge in [-0.05, 0) is 13.8 Å². The van der Waals surface area contributed by atoms with Crippen LogP contribution < -0.4 is 0 Å². The number of carbonyl (C=O) groups excluding carboxylic acids is 1. The summed E-state index contributed by atoms with van der Waals surface area (Å²) in [4.78, 5) is 10.0. The molecule has 1 heterocycles. The Balaban J connectivity index is 2.35. The Morgan fingerprint density at radius 3 is 2.80 bits per heavy atom. The van der Waals surface area contributed by atoms with E-state index in [1.54, 1.807) is 0 Å². The van der Waals surface area contributed by atoms with Crippen LogP contribution in [-0.2, 0) is 14.3 Å². The van der Waals surface area contributed by atoms with Gasteiger partial charge >= 0.3 is 0 Å². The van der Waals surface area contributed by atoms with Gasteiger partial charge in [-0.2, -0.15) is 0 Å². The lowest BCUT2D eigenvalue weighted by molar-refractivity contribution is -0.140. The quantitative estimate of drug-likeness (QED) is 0.536. The second kappa shape index (κ2) is 2.68. The zero-order chi connectivity index (χ0) is 7.61. The molecule has 1 aliphatic heterocycles. The van der Waals surface area contributed by atoms with E-state index in [1.807, 2.05) is 13.8 Å². The van der Waals surface area contributed by atoms with E-state index < -0.39 is 5.79 Å². The molecule has 1 saturated heterocycles. The lowest BCUT2D eigenvalue weighted by Crippen LogP contribution is -2.21. The van der Waals surface area contributed by atoms with Crippen LogP contribution in [0.3, 0.4) is 0 Å². The van der Waals surface area contributed by atoms with Crippen LogP contribution in [0.15, 0.2) is 0 Å². The van der Waals surface area contributed by atoms with Crippen molar-refractivity contribution in [3.63, 3.8) is 0 Å². The molecule has 1 unspecified atom stereocenters. The Kier molecular flexibility index (Phi) is 2.06. The predicted molar refractivity (Wildman–Crippen MR) is 35.6 cm³/mol. The summed E-state index contributed by atoms with van der Waals surface area (Å²) >= 11 is 0. The number of hydrogen-bond donors (Lipinski definition) is 0. The van der Waals surface area contributed by atoms with Crippen molar-refractivity contribution in [3.05, 3.63) is 0 Å². The molecule has 0 amide bonds. The standard InChI is InChI=1S/C7H12O3/c1-7(2)9-5-6(10-7)3-4-8/h4,6H,3,5H2,1-2H3. The minimum absolute atomic E-state index is 0.0347. The van der Waals surface area contributed by atoms with Crippen molar-refractivity contribution < 1.29 is 14.3 Å². The van der Waals surface area contributed by atoms with E-state index >= 15 is 0 Å². The fourth-order valence-corrected chi connectivity index (χ4v) is 0.987. The summed E-state index contributed by atoms with van der Waals surface area (Å²) in [6.07, 6.45) is 1.26. The zero-order valence-corrected chi connectivity index (χ0v) is 6.29. The van der Waals surface area contributed by atoms with E-state index in [2.05, 4.69) is 0 Å². The van der Waals surface area contributed by atoms with Crippen LogP contribution in [0, 0.1) is 0 Å². The molecule has 0 spiro atoms. The summed E-state index contributed by atoms with van der Waals surface area (Å²) in [6.45, 7) is 4.22. The highest BCUT2D eigenvalue weighted by Crippen LogP contribution is 2.23. The molecular weight excluding hydrogens is 132 g/mol. The van der Waals surface area contributed by atoms with Gasteiger partial charge < -0.3 is 14.3 Å². The molecule has 0 radical (unpaired) electrons. The largest absolute Gasteiger partial charge is 0.348 e. The number of rotatable bonds is 2. The van der Waals surface area contributed by atoms with Crippen LogP contribution in [0.1, 0.15) is 20.3 Å². The maximum Gasteiger partial charge on any atom is 0.163 e. The van der Waals surface area contributed by atoms with E-state index in [4.69, 9.17) is 9.47 Å². The van der Waals surface area contributed by atoms with E-state index in [9.17, 15) is 4.79 Å². The summed E-state index contributed by atoms with van der Waals surface area (Å²) < 4.78 is 10.6. The molecule has 1 rings (SSSR count). The molecule has 1 aliphatic rings. The fraction of sp³-hybridized carbons (Fsp3) is 0.857. The predicted octanol–water partition coefficient (Wildman–Crippen LogP) is 0.727. The van der Waals surface area contributed by atoms with Crippen molar-refractivity contribution in [3.8, 4) is 0 Å². The summed E-state index contributed by atoms with van der Waals surface area (Å²) in [5.74, 6) is -0.492. The first-order chi connectivity index (χ1) is 4.64. The molecule has 58 valence electrons. The van der Waals surface area contributed by atoms with Crippen molar-refractivity contribution in [2.75, 3.05) is 6.61 Å². The molecule has 10 heavy (non-hydrogen) atoms. The Morgan fingerprint density at radius 2 is 2.40 bits per heavy atom. The highest BCUT2D eigenvalue weighted by molar-refractivity contribution is 5.50. The van der Waals surface area contributed by atoms with Crippen molar-refractivity contribution in [2.45, 2.75) is 32.2 Å². The van der Waals surface area contributed by atoms with Crippen LogP contribution in [-0.4, -0.2) is 24.8 Å². The minimum Gasteiger partial charge on any atom is -0.348 e. The Labute approximate surface area is 60.3 Å². The van der Waals surface area contributed by atoms with E-state index in [0.29, 0.717) is 13.0 Å². The molecule has 0 saturated carbocycles. The van der Waals surface area contributed by atoms with Gasteiger partial charge in [0.1, 0.15) is 6.29 Å². The van der Waals surface area contributed by atoms with Gasteiger partial charge in [0.25, 0.3) is 0 Å². The summed E-state index contributed by atoms with van der Waals surface area (Å²) in [7, 11) is 0. The van der Waals surface area contributed by atoms with Gasteiger partial charge in [-0.25, -0.2) is 0 Å². The van der Waals surface area contributed by atoms with Gasteiger partial charge in [0.05, 0.1) is 12.7 Å². The van der Waals surface area contributed by atoms with Crippen molar-refractivity contribution in [2.24, 2.45) is 0 Å². The molecule has 3 nitrogen and oxygen atoms in total. The van der Waals surface area contributed by atoms with Crippen LogP contribution >= 0.6 is 0 Å².